The van der Waals surface area contributed by atoms with Crippen molar-refractivity contribution in [3.8, 4) is 0 Å². The first kappa shape index (κ1) is 22.2. The second kappa shape index (κ2) is 11.0. The van der Waals surface area contributed by atoms with E-state index in [1.807, 2.05) is 6.07 Å². The smallest absolute Gasteiger partial charge is 0.251 e. The molecular formula is C19H25ClN2O3S. The molecule has 0 bridgehead atoms. The van der Waals surface area contributed by atoms with Crippen LogP contribution in [-0.4, -0.2) is 34.0 Å². The Balaban J connectivity index is 0.00000338. The summed E-state index contributed by atoms with van der Waals surface area (Å²) in [5.41, 5.74) is 1.07. The first-order chi connectivity index (χ1) is 12.0. The maximum atomic E-state index is 12.6. The molecule has 0 atom stereocenters. The van der Waals surface area contributed by atoms with Crippen molar-refractivity contribution in [1.29, 1.82) is 0 Å². The van der Waals surface area contributed by atoms with Crippen molar-refractivity contribution in [2.75, 3.05) is 19.6 Å². The molecule has 0 aromatic heterocycles. The van der Waals surface area contributed by atoms with Crippen LogP contribution in [0.5, 0.6) is 0 Å². The van der Waals surface area contributed by atoms with Crippen LogP contribution in [0.25, 0.3) is 0 Å². The van der Waals surface area contributed by atoms with Gasteiger partial charge in [-0.05, 0) is 36.7 Å². The lowest BCUT2D eigenvalue weighted by Crippen LogP contribution is -2.32. The van der Waals surface area contributed by atoms with Gasteiger partial charge in [0.05, 0.1) is 10.6 Å². The first-order valence-corrected chi connectivity index (χ1v) is 10.0. The van der Waals surface area contributed by atoms with E-state index in [4.69, 9.17) is 0 Å². The number of carbonyl (C=O) groups is 1. The van der Waals surface area contributed by atoms with E-state index in [-0.39, 0.29) is 29.0 Å². The molecular weight excluding hydrogens is 372 g/mol. The van der Waals surface area contributed by atoms with Crippen LogP contribution >= 0.6 is 12.4 Å². The second-order valence-corrected chi connectivity index (χ2v) is 7.77. The SMILES string of the molecule is CCCNCCNC(=O)c1cccc(S(=O)(=O)Cc2ccccc2)c1.Cl. The van der Waals surface area contributed by atoms with Crippen molar-refractivity contribution < 1.29 is 13.2 Å². The van der Waals surface area contributed by atoms with E-state index >= 15 is 0 Å². The normalized spacial score (nSPS) is 10.8. The van der Waals surface area contributed by atoms with E-state index in [2.05, 4.69) is 17.6 Å². The van der Waals surface area contributed by atoms with Crippen molar-refractivity contribution >= 4 is 28.2 Å². The van der Waals surface area contributed by atoms with Gasteiger partial charge in [-0.3, -0.25) is 4.79 Å². The molecule has 0 aliphatic rings. The molecule has 0 aliphatic heterocycles. The molecule has 7 heteroatoms. The fourth-order valence-electron chi connectivity index (χ4n) is 2.38. The Kier molecular flexibility index (Phi) is 9.34. The zero-order valence-electron chi connectivity index (χ0n) is 14.8. The third kappa shape index (κ3) is 6.78. The topological polar surface area (TPSA) is 75.3 Å². The molecule has 5 nitrogen and oxygen atoms in total. The van der Waals surface area contributed by atoms with Crippen LogP contribution in [0.2, 0.25) is 0 Å². The van der Waals surface area contributed by atoms with Crippen molar-refractivity contribution in [3.05, 3.63) is 65.7 Å². The Hall–Kier alpha value is -1.89. The van der Waals surface area contributed by atoms with Crippen LogP contribution in [0.15, 0.2) is 59.5 Å². The van der Waals surface area contributed by atoms with Crippen molar-refractivity contribution in [2.45, 2.75) is 24.0 Å². The lowest BCUT2D eigenvalue weighted by atomic mass is 10.2. The maximum absolute atomic E-state index is 12.6. The van der Waals surface area contributed by atoms with Gasteiger partial charge in [0, 0.05) is 18.7 Å². The summed E-state index contributed by atoms with van der Waals surface area (Å²) in [7, 11) is -3.49. The first-order valence-electron chi connectivity index (χ1n) is 8.38. The monoisotopic (exact) mass is 396 g/mol. The number of nitrogens with one attached hydrogen (secondary N) is 2. The molecule has 2 rings (SSSR count). The van der Waals surface area contributed by atoms with Crippen molar-refractivity contribution in [1.82, 2.24) is 10.6 Å². The average molecular weight is 397 g/mol. The summed E-state index contributed by atoms with van der Waals surface area (Å²) in [6.07, 6.45) is 1.04. The minimum Gasteiger partial charge on any atom is -0.351 e. The standard InChI is InChI=1S/C19H24N2O3S.ClH/c1-2-11-20-12-13-21-19(22)17-9-6-10-18(14-17)25(23,24)15-16-7-4-3-5-8-16;/h3-10,14,20H,2,11-13,15H2,1H3,(H,21,22);1H. The third-order valence-electron chi connectivity index (χ3n) is 3.67. The molecule has 2 aromatic rings. The van der Waals surface area contributed by atoms with Crippen LogP contribution in [0.3, 0.4) is 0 Å². The molecule has 2 aromatic carbocycles. The van der Waals surface area contributed by atoms with Crippen molar-refractivity contribution in [3.63, 3.8) is 0 Å². The van der Waals surface area contributed by atoms with Crippen molar-refractivity contribution in [2.24, 2.45) is 0 Å². The van der Waals surface area contributed by atoms with Crippen LogP contribution in [0.1, 0.15) is 29.3 Å². The van der Waals surface area contributed by atoms with E-state index in [1.165, 1.54) is 12.1 Å². The molecule has 0 unspecified atom stereocenters. The van der Waals surface area contributed by atoms with Gasteiger partial charge in [-0.25, -0.2) is 8.42 Å². The van der Waals surface area contributed by atoms with Gasteiger partial charge in [0.1, 0.15) is 0 Å². The van der Waals surface area contributed by atoms with Gasteiger partial charge >= 0.3 is 0 Å². The number of hydrogen-bond donors (Lipinski definition) is 2. The summed E-state index contributed by atoms with van der Waals surface area (Å²) in [6, 6.07) is 15.2. The minimum absolute atomic E-state index is 0. The fraction of sp³-hybridized carbons (Fsp3) is 0.316. The van der Waals surface area contributed by atoms with Gasteiger partial charge in [0.15, 0.2) is 9.84 Å². The largest absolute Gasteiger partial charge is 0.351 e. The lowest BCUT2D eigenvalue weighted by Gasteiger charge is -2.09. The quantitative estimate of drug-likeness (QED) is 0.639. The third-order valence-corrected chi connectivity index (χ3v) is 5.35. The number of hydrogen-bond acceptors (Lipinski definition) is 4. The minimum atomic E-state index is -3.49. The molecule has 26 heavy (non-hydrogen) atoms. The van der Waals surface area contributed by atoms with Crippen LogP contribution in [-0.2, 0) is 15.6 Å². The summed E-state index contributed by atoms with van der Waals surface area (Å²) < 4.78 is 25.1. The van der Waals surface area contributed by atoms with Gasteiger partial charge in [0.2, 0.25) is 0 Å². The number of sulfone groups is 1. The number of benzene rings is 2. The predicted octanol–water partition coefficient (Wildman–Crippen LogP) is 2.81. The van der Waals surface area contributed by atoms with E-state index in [1.54, 1.807) is 36.4 Å². The summed E-state index contributed by atoms with van der Waals surface area (Å²) in [6.45, 7) is 4.17. The Morgan fingerprint density at radius 3 is 2.38 bits per heavy atom. The lowest BCUT2D eigenvalue weighted by molar-refractivity contribution is 0.0953. The van der Waals surface area contributed by atoms with Crippen LogP contribution < -0.4 is 10.6 Å². The van der Waals surface area contributed by atoms with E-state index in [0.717, 1.165) is 18.5 Å². The Morgan fingerprint density at radius 1 is 0.962 bits per heavy atom. The van der Waals surface area contributed by atoms with Gasteiger partial charge in [-0.2, -0.15) is 0 Å². The molecule has 1 amide bonds. The zero-order chi connectivity index (χ0) is 18.1. The van der Waals surface area contributed by atoms with E-state index < -0.39 is 9.84 Å². The summed E-state index contributed by atoms with van der Waals surface area (Å²) in [4.78, 5) is 12.3. The van der Waals surface area contributed by atoms with Crippen LogP contribution in [0, 0.1) is 0 Å². The Morgan fingerprint density at radius 2 is 1.69 bits per heavy atom. The molecule has 0 saturated carbocycles. The number of carbonyl (C=O) groups excluding carboxylic acids is 1. The molecule has 0 spiro atoms. The number of halogens is 1. The molecule has 0 heterocycles. The molecule has 0 fully saturated rings. The molecule has 142 valence electrons. The zero-order valence-corrected chi connectivity index (χ0v) is 16.4. The molecule has 2 N–H and O–H groups in total. The van der Waals surface area contributed by atoms with Gasteiger partial charge in [-0.15, -0.1) is 12.4 Å². The molecule has 0 saturated heterocycles. The second-order valence-electron chi connectivity index (χ2n) is 5.78. The predicted molar refractivity (Wildman–Crippen MR) is 107 cm³/mol. The van der Waals surface area contributed by atoms with Crippen LogP contribution in [0.4, 0.5) is 0 Å². The highest BCUT2D eigenvalue weighted by molar-refractivity contribution is 7.90. The highest BCUT2D eigenvalue weighted by Crippen LogP contribution is 2.17. The number of amides is 1. The van der Waals surface area contributed by atoms with Gasteiger partial charge in [-0.1, -0.05) is 43.3 Å². The number of rotatable bonds is 9. The summed E-state index contributed by atoms with van der Waals surface area (Å²) in [5, 5.41) is 5.98. The average Bonchev–Trinajstić information content (AvgIpc) is 2.62. The van der Waals surface area contributed by atoms with E-state index in [9.17, 15) is 13.2 Å². The van der Waals surface area contributed by atoms with Gasteiger partial charge in [0.25, 0.3) is 5.91 Å². The highest BCUT2D eigenvalue weighted by Gasteiger charge is 2.17. The summed E-state index contributed by atoms with van der Waals surface area (Å²) >= 11 is 0. The Bertz CT molecular complexity index is 795. The maximum Gasteiger partial charge on any atom is 0.251 e. The summed E-state index contributed by atoms with van der Waals surface area (Å²) in [5.74, 6) is -0.352. The fourth-order valence-corrected chi connectivity index (χ4v) is 3.77. The van der Waals surface area contributed by atoms with E-state index in [0.29, 0.717) is 18.7 Å². The van der Waals surface area contributed by atoms with Gasteiger partial charge < -0.3 is 10.6 Å². The Labute approximate surface area is 161 Å². The molecule has 0 radical (unpaired) electrons. The molecule has 0 aliphatic carbocycles. The highest BCUT2D eigenvalue weighted by atomic mass is 35.5.